The lowest BCUT2D eigenvalue weighted by molar-refractivity contribution is -0.139. The highest BCUT2D eigenvalue weighted by atomic mass is 35.5. The largest absolute Gasteiger partial charge is 0.354 e. The van der Waals surface area contributed by atoms with Gasteiger partial charge >= 0.3 is 0 Å². The highest BCUT2D eigenvalue weighted by molar-refractivity contribution is 7.92. The van der Waals surface area contributed by atoms with Crippen LogP contribution in [-0.4, -0.2) is 50.5 Å². The fourth-order valence-corrected chi connectivity index (χ4v) is 4.65. The summed E-state index contributed by atoms with van der Waals surface area (Å²) >= 11 is 6.33. The number of halogens is 1. The molecule has 1 N–H and O–H groups in total. The van der Waals surface area contributed by atoms with E-state index in [1.807, 2.05) is 32.9 Å². The van der Waals surface area contributed by atoms with Crippen LogP contribution in [0.1, 0.15) is 51.2 Å². The van der Waals surface area contributed by atoms with Crippen molar-refractivity contribution in [2.24, 2.45) is 0 Å². The summed E-state index contributed by atoms with van der Waals surface area (Å²) in [5.41, 5.74) is 1.93. The van der Waals surface area contributed by atoms with Crippen LogP contribution in [0.15, 0.2) is 48.5 Å². The average Bonchev–Trinajstić information content (AvgIpc) is 2.79. The van der Waals surface area contributed by atoms with Crippen LogP contribution < -0.4 is 9.62 Å². The monoisotopic (exact) mass is 507 g/mol. The number of anilines is 1. The van der Waals surface area contributed by atoms with Crippen molar-refractivity contribution < 1.29 is 18.0 Å². The van der Waals surface area contributed by atoms with Crippen LogP contribution in [-0.2, 0) is 26.2 Å². The van der Waals surface area contributed by atoms with E-state index in [0.29, 0.717) is 22.8 Å². The van der Waals surface area contributed by atoms with Gasteiger partial charge in [-0.3, -0.25) is 13.9 Å². The third kappa shape index (κ3) is 7.21. The van der Waals surface area contributed by atoms with Gasteiger partial charge < -0.3 is 10.2 Å². The topological polar surface area (TPSA) is 86.8 Å². The number of rotatable bonds is 11. The molecule has 186 valence electrons. The minimum absolute atomic E-state index is 0.0496. The molecule has 0 bridgehead atoms. The number of benzene rings is 2. The maximum Gasteiger partial charge on any atom is 0.244 e. The first-order valence-electron chi connectivity index (χ1n) is 11.3. The first kappa shape index (κ1) is 27.7. The Balaban J connectivity index is 2.45. The minimum atomic E-state index is -3.78. The van der Waals surface area contributed by atoms with E-state index < -0.39 is 28.5 Å². The SMILES string of the molecule is CCCNC(=O)C(C)N(Cc1ccccc1Cl)C(=O)CN(c1ccccc1C(C)C)S(C)(=O)=O. The summed E-state index contributed by atoms with van der Waals surface area (Å²) in [7, 11) is -3.78. The van der Waals surface area contributed by atoms with Crippen LogP contribution in [0.25, 0.3) is 0 Å². The fourth-order valence-electron chi connectivity index (χ4n) is 3.59. The molecule has 0 aliphatic heterocycles. The molecule has 2 rings (SSSR count). The standard InChI is InChI=1S/C25H34ClN3O4S/c1-6-15-27-25(31)19(4)28(16-20-11-7-9-13-22(20)26)24(30)17-29(34(5,32)33)23-14-10-8-12-21(23)18(2)3/h7-14,18-19H,6,15-17H2,1-5H3,(H,27,31). The smallest absolute Gasteiger partial charge is 0.244 e. The molecule has 0 aliphatic rings. The zero-order chi connectivity index (χ0) is 25.5. The van der Waals surface area contributed by atoms with Crippen LogP contribution in [0, 0.1) is 0 Å². The van der Waals surface area contributed by atoms with E-state index >= 15 is 0 Å². The number of hydrogen-bond acceptors (Lipinski definition) is 4. The Morgan fingerprint density at radius 3 is 2.24 bits per heavy atom. The van der Waals surface area contributed by atoms with Gasteiger partial charge in [0.15, 0.2) is 0 Å². The Bertz CT molecular complexity index is 1100. The molecule has 2 aromatic carbocycles. The first-order chi connectivity index (χ1) is 16.0. The zero-order valence-corrected chi connectivity index (χ0v) is 22.0. The van der Waals surface area contributed by atoms with Gasteiger partial charge in [0.25, 0.3) is 0 Å². The van der Waals surface area contributed by atoms with Gasteiger partial charge in [-0.25, -0.2) is 8.42 Å². The van der Waals surface area contributed by atoms with Crippen LogP contribution >= 0.6 is 11.6 Å². The predicted octanol–water partition coefficient (Wildman–Crippen LogP) is 4.17. The molecule has 0 saturated carbocycles. The van der Waals surface area contributed by atoms with E-state index in [2.05, 4.69) is 5.32 Å². The molecule has 0 fully saturated rings. The van der Waals surface area contributed by atoms with Crippen molar-refractivity contribution in [2.75, 3.05) is 23.7 Å². The number of carbonyl (C=O) groups excluding carboxylic acids is 2. The van der Waals surface area contributed by atoms with Gasteiger partial charge in [0.2, 0.25) is 21.8 Å². The van der Waals surface area contributed by atoms with Gasteiger partial charge in [-0.1, -0.05) is 68.8 Å². The second-order valence-corrected chi connectivity index (χ2v) is 10.9. The highest BCUT2D eigenvalue weighted by Crippen LogP contribution is 2.29. The molecule has 0 heterocycles. The molecule has 0 radical (unpaired) electrons. The van der Waals surface area contributed by atoms with E-state index in [4.69, 9.17) is 11.6 Å². The molecule has 1 unspecified atom stereocenters. The number of carbonyl (C=O) groups is 2. The Hall–Kier alpha value is -2.58. The second-order valence-electron chi connectivity index (χ2n) is 8.56. The lowest BCUT2D eigenvalue weighted by atomic mass is 10.0. The van der Waals surface area contributed by atoms with E-state index in [9.17, 15) is 18.0 Å². The Kier molecular flexibility index (Phi) is 9.94. The van der Waals surface area contributed by atoms with Gasteiger partial charge in [-0.2, -0.15) is 0 Å². The predicted molar refractivity (Wildman–Crippen MR) is 137 cm³/mol. The van der Waals surface area contributed by atoms with Crippen molar-refractivity contribution in [3.8, 4) is 0 Å². The van der Waals surface area contributed by atoms with Crippen molar-refractivity contribution in [1.29, 1.82) is 0 Å². The van der Waals surface area contributed by atoms with Gasteiger partial charge in [0, 0.05) is 18.1 Å². The van der Waals surface area contributed by atoms with E-state index in [1.54, 1.807) is 43.3 Å². The molecule has 1 atom stereocenters. The average molecular weight is 508 g/mol. The maximum absolute atomic E-state index is 13.6. The molecule has 0 saturated heterocycles. The van der Waals surface area contributed by atoms with Crippen molar-refractivity contribution in [2.45, 2.75) is 52.6 Å². The van der Waals surface area contributed by atoms with Crippen LogP contribution in [0.5, 0.6) is 0 Å². The third-order valence-corrected chi connectivity index (χ3v) is 7.02. The molecule has 7 nitrogen and oxygen atoms in total. The lowest BCUT2D eigenvalue weighted by Crippen LogP contribution is -2.51. The number of para-hydroxylation sites is 1. The summed E-state index contributed by atoms with van der Waals surface area (Å²) in [5, 5.41) is 3.27. The van der Waals surface area contributed by atoms with E-state index in [1.165, 1.54) is 4.90 Å². The molecule has 0 spiro atoms. The Morgan fingerprint density at radius 1 is 1.03 bits per heavy atom. The summed E-state index contributed by atoms with van der Waals surface area (Å²) < 4.78 is 26.7. The molecule has 2 aromatic rings. The van der Waals surface area contributed by atoms with Gasteiger partial charge in [0.1, 0.15) is 12.6 Å². The minimum Gasteiger partial charge on any atom is -0.354 e. The van der Waals surface area contributed by atoms with Crippen LogP contribution in [0.3, 0.4) is 0 Å². The highest BCUT2D eigenvalue weighted by Gasteiger charge is 2.31. The summed E-state index contributed by atoms with van der Waals surface area (Å²) in [5.74, 6) is -0.757. The quantitative estimate of drug-likeness (QED) is 0.494. The second kappa shape index (κ2) is 12.2. The molecule has 9 heteroatoms. The molecule has 0 aliphatic carbocycles. The van der Waals surface area contributed by atoms with Crippen molar-refractivity contribution >= 4 is 39.1 Å². The lowest BCUT2D eigenvalue weighted by Gasteiger charge is -2.32. The van der Waals surface area contributed by atoms with Crippen LogP contribution in [0.4, 0.5) is 5.69 Å². The summed E-state index contributed by atoms with van der Waals surface area (Å²) in [6, 6.07) is 13.4. The number of nitrogens with zero attached hydrogens (tertiary/aromatic N) is 2. The summed E-state index contributed by atoms with van der Waals surface area (Å²) in [6.45, 7) is 7.62. The van der Waals surface area contributed by atoms with Crippen molar-refractivity contribution in [3.05, 3.63) is 64.7 Å². The Morgan fingerprint density at radius 2 is 1.65 bits per heavy atom. The van der Waals surface area contributed by atoms with Crippen molar-refractivity contribution in [1.82, 2.24) is 10.2 Å². The van der Waals surface area contributed by atoms with Gasteiger partial charge in [0.05, 0.1) is 11.9 Å². The maximum atomic E-state index is 13.6. The molecular weight excluding hydrogens is 474 g/mol. The summed E-state index contributed by atoms with van der Waals surface area (Å²) in [6.07, 6.45) is 1.83. The molecule has 2 amide bonds. The third-order valence-electron chi connectivity index (χ3n) is 5.52. The van der Waals surface area contributed by atoms with Gasteiger partial charge in [-0.15, -0.1) is 0 Å². The number of sulfonamides is 1. The normalized spacial score (nSPS) is 12.3. The number of hydrogen-bond donors (Lipinski definition) is 1. The van der Waals surface area contributed by atoms with Crippen molar-refractivity contribution in [3.63, 3.8) is 0 Å². The summed E-state index contributed by atoms with van der Waals surface area (Å²) in [4.78, 5) is 27.7. The zero-order valence-electron chi connectivity index (χ0n) is 20.4. The van der Waals surface area contributed by atoms with E-state index in [0.717, 1.165) is 22.5 Å². The molecule has 34 heavy (non-hydrogen) atoms. The van der Waals surface area contributed by atoms with Crippen LogP contribution in [0.2, 0.25) is 5.02 Å². The van der Waals surface area contributed by atoms with Gasteiger partial charge in [-0.05, 0) is 42.5 Å². The number of amides is 2. The molecule has 0 aromatic heterocycles. The first-order valence-corrected chi connectivity index (χ1v) is 13.6. The molecular formula is C25H34ClN3O4S. The van der Waals surface area contributed by atoms with E-state index in [-0.39, 0.29) is 18.4 Å². The Labute approximate surface area is 208 Å². The number of nitrogens with one attached hydrogen (secondary N) is 1. The fraction of sp³-hybridized carbons (Fsp3) is 0.440.